The largest absolute Gasteiger partial charge is 0.465 e. The Bertz CT molecular complexity index is 1920. The topological polar surface area (TPSA) is 151 Å². The van der Waals surface area contributed by atoms with Crippen LogP contribution < -0.4 is 15.8 Å². The van der Waals surface area contributed by atoms with Gasteiger partial charge in [-0.1, -0.05) is 35.6 Å². The normalized spacial score (nSPS) is 13.3. The van der Waals surface area contributed by atoms with Gasteiger partial charge in [0.15, 0.2) is 5.82 Å². The molecule has 0 unspecified atom stereocenters. The first-order chi connectivity index (χ1) is 22.1. The highest BCUT2D eigenvalue weighted by molar-refractivity contribution is 7.15. The summed E-state index contributed by atoms with van der Waals surface area (Å²) in [7, 11) is 1.26. The maximum Gasteiger partial charge on any atom is 0.339 e. The number of benzene rings is 2. The van der Waals surface area contributed by atoms with Crippen LogP contribution in [0.1, 0.15) is 68.0 Å². The summed E-state index contributed by atoms with van der Waals surface area (Å²) in [4.78, 5) is 44.1. The zero-order valence-electron chi connectivity index (χ0n) is 25.6. The van der Waals surface area contributed by atoms with E-state index in [1.54, 1.807) is 11.3 Å². The Hall–Kier alpha value is -4.83. The van der Waals surface area contributed by atoms with Gasteiger partial charge in [0.25, 0.3) is 0 Å². The Kier molecular flexibility index (Phi) is 9.96. The number of ether oxygens (including phenoxy) is 2. The van der Waals surface area contributed by atoms with Crippen LogP contribution in [0, 0.1) is 32.6 Å². The summed E-state index contributed by atoms with van der Waals surface area (Å²) in [5.41, 5.74) is 9.68. The second-order valence-electron chi connectivity index (χ2n) is 10.4. The molecule has 0 saturated heterocycles. The Labute approximate surface area is 274 Å². The molecule has 0 radical (unpaired) electrons. The number of nitrogens with two attached hydrogens (primary N) is 1. The first-order valence-corrected chi connectivity index (χ1v) is 15.6. The van der Waals surface area contributed by atoms with E-state index >= 15 is 0 Å². The molecule has 46 heavy (non-hydrogen) atoms. The maximum absolute atomic E-state index is 13.2. The lowest BCUT2D eigenvalue weighted by Crippen LogP contribution is -2.28. The van der Waals surface area contributed by atoms with E-state index in [1.165, 1.54) is 25.3 Å². The van der Waals surface area contributed by atoms with Crippen LogP contribution in [0.5, 0.6) is 5.75 Å². The number of rotatable bonds is 8. The average Bonchev–Trinajstić information content (AvgIpc) is 3.51. The van der Waals surface area contributed by atoms with E-state index in [2.05, 4.69) is 41.2 Å². The van der Waals surface area contributed by atoms with E-state index in [1.807, 2.05) is 35.8 Å². The van der Waals surface area contributed by atoms with E-state index in [4.69, 9.17) is 31.8 Å². The van der Waals surface area contributed by atoms with Crippen LogP contribution in [-0.4, -0.2) is 58.5 Å². The van der Waals surface area contributed by atoms with E-state index < -0.39 is 18.0 Å². The molecule has 11 nitrogen and oxygen atoms in total. The Morgan fingerprint density at radius 3 is 2.59 bits per heavy atom. The third kappa shape index (κ3) is 6.87. The number of nitrogens with zero attached hydrogens (tertiary/aromatic N) is 4. The van der Waals surface area contributed by atoms with Crippen molar-refractivity contribution in [2.24, 2.45) is 10.7 Å². The molecule has 0 fully saturated rings. The molecule has 1 aliphatic rings. The summed E-state index contributed by atoms with van der Waals surface area (Å²) in [5, 5.41) is 13.1. The molecule has 2 aromatic heterocycles. The number of fused-ring (bicyclic) bond motifs is 3. The number of esters is 2. The van der Waals surface area contributed by atoms with E-state index in [0.29, 0.717) is 22.2 Å². The highest BCUT2D eigenvalue weighted by Gasteiger charge is 2.32. The Balaban J connectivity index is 1.30. The van der Waals surface area contributed by atoms with Crippen LogP contribution in [0.3, 0.4) is 0 Å². The minimum atomic E-state index is -0.639. The van der Waals surface area contributed by atoms with Gasteiger partial charge in [0.1, 0.15) is 22.6 Å². The summed E-state index contributed by atoms with van der Waals surface area (Å²) in [6.07, 6.45) is -0.112. The van der Waals surface area contributed by atoms with Crippen LogP contribution in [0.2, 0.25) is 5.02 Å². The fourth-order valence-electron chi connectivity index (χ4n) is 4.99. The van der Waals surface area contributed by atoms with Gasteiger partial charge < -0.3 is 20.5 Å². The molecule has 0 saturated carbocycles. The smallest absolute Gasteiger partial charge is 0.339 e. The van der Waals surface area contributed by atoms with Crippen molar-refractivity contribution in [3.8, 4) is 22.6 Å². The summed E-state index contributed by atoms with van der Waals surface area (Å²) < 4.78 is 12.2. The lowest BCUT2D eigenvalue weighted by atomic mass is 9.99. The van der Waals surface area contributed by atoms with Crippen molar-refractivity contribution in [1.82, 2.24) is 20.1 Å². The van der Waals surface area contributed by atoms with E-state index in [9.17, 15) is 14.4 Å². The van der Waals surface area contributed by atoms with Crippen molar-refractivity contribution in [3.63, 3.8) is 0 Å². The first kappa shape index (κ1) is 32.6. The second kappa shape index (κ2) is 14.1. The zero-order chi connectivity index (χ0) is 33.0. The van der Waals surface area contributed by atoms with Gasteiger partial charge in [0.05, 0.1) is 37.8 Å². The van der Waals surface area contributed by atoms with Crippen molar-refractivity contribution < 1.29 is 23.9 Å². The molecule has 3 N–H and O–H groups in total. The molecule has 4 aromatic rings. The van der Waals surface area contributed by atoms with Gasteiger partial charge in [-0.3, -0.25) is 19.1 Å². The molecule has 1 amide bonds. The highest BCUT2D eigenvalue weighted by atomic mass is 35.5. The minimum absolute atomic E-state index is 0.0184. The number of aromatic nitrogens is 3. The molecular formula is C33H31ClN6O5S. The number of carbonyl (C=O) groups is 3. The first-order valence-electron chi connectivity index (χ1n) is 14.4. The predicted molar refractivity (Wildman–Crippen MR) is 175 cm³/mol. The van der Waals surface area contributed by atoms with Gasteiger partial charge in [-0.2, -0.15) is 0 Å². The quantitative estimate of drug-likeness (QED) is 0.161. The number of nitrogens with one attached hydrogen (secondary N) is 1. The zero-order valence-corrected chi connectivity index (χ0v) is 27.2. The van der Waals surface area contributed by atoms with Crippen molar-refractivity contribution in [1.29, 1.82) is 0 Å². The average molecular weight is 659 g/mol. The molecule has 236 valence electrons. The number of carbonyl (C=O) groups excluding carboxylic acids is 3. The van der Waals surface area contributed by atoms with E-state index in [0.717, 1.165) is 32.3 Å². The summed E-state index contributed by atoms with van der Waals surface area (Å²) >= 11 is 7.81. The van der Waals surface area contributed by atoms with Gasteiger partial charge in [0.2, 0.25) is 5.91 Å². The third-order valence-electron chi connectivity index (χ3n) is 7.34. The Morgan fingerprint density at radius 2 is 1.87 bits per heavy atom. The number of aryl methyl sites for hydroxylation is 2. The number of methoxy groups -OCH3 is 1. The van der Waals surface area contributed by atoms with Crippen molar-refractivity contribution >= 4 is 46.5 Å². The third-order valence-corrected chi connectivity index (χ3v) is 8.78. The molecule has 0 aliphatic carbocycles. The molecule has 5 rings (SSSR count). The molecule has 1 atom stereocenters. The molecule has 1 aliphatic heterocycles. The van der Waals surface area contributed by atoms with Gasteiger partial charge >= 0.3 is 11.9 Å². The van der Waals surface area contributed by atoms with Gasteiger partial charge in [-0.05, 0) is 56.7 Å². The fourth-order valence-corrected chi connectivity index (χ4v) is 6.33. The van der Waals surface area contributed by atoms with Crippen molar-refractivity contribution in [3.05, 3.63) is 91.8 Å². The summed E-state index contributed by atoms with van der Waals surface area (Å²) in [5.74, 6) is 5.44. The van der Waals surface area contributed by atoms with Crippen molar-refractivity contribution in [2.75, 3.05) is 20.2 Å². The highest BCUT2D eigenvalue weighted by Crippen LogP contribution is 2.39. The molecule has 0 bridgehead atoms. The molecule has 3 heterocycles. The van der Waals surface area contributed by atoms with E-state index in [-0.39, 0.29) is 43.2 Å². The van der Waals surface area contributed by atoms with Crippen LogP contribution in [-0.2, 0) is 14.3 Å². The van der Waals surface area contributed by atoms with Gasteiger partial charge in [-0.15, -0.1) is 21.5 Å². The predicted octanol–water partition coefficient (Wildman–Crippen LogP) is 4.40. The molecular weight excluding hydrogens is 628 g/mol. The minimum Gasteiger partial charge on any atom is -0.465 e. The molecule has 13 heteroatoms. The number of hydrogen-bond acceptors (Lipinski definition) is 10. The molecule has 2 aromatic carbocycles. The lowest BCUT2D eigenvalue weighted by molar-refractivity contribution is -0.134. The monoisotopic (exact) mass is 658 g/mol. The van der Waals surface area contributed by atoms with Gasteiger partial charge in [-0.25, -0.2) is 4.79 Å². The molecule has 0 spiro atoms. The standard InChI is InChI=1S/C33H31ClN6O5S/c1-18-19(2)46-32-29(18)30(21-7-9-23(34)10-8-21)37-26(31-39-38-20(3)40(31)32)17-27(41)36-15-13-28(42)45-24-11-12-25(33(43)44-4)22(16-24)6-5-14-35/h7-12,16,26H,13-15,17,35H2,1-4H3,(H,36,41)/t26-/m0/s1. The van der Waals surface area contributed by atoms with Crippen LogP contribution in [0.4, 0.5) is 0 Å². The number of amides is 1. The number of aliphatic imine (C=N–C) groups is 1. The van der Waals surface area contributed by atoms with Crippen LogP contribution in [0.15, 0.2) is 47.5 Å². The van der Waals surface area contributed by atoms with Crippen molar-refractivity contribution in [2.45, 2.75) is 39.7 Å². The number of thiophene rings is 1. The van der Waals surface area contributed by atoms with Crippen LogP contribution in [0.25, 0.3) is 5.00 Å². The lowest BCUT2D eigenvalue weighted by Gasteiger charge is -2.13. The maximum atomic E-state index is 13.2. The van der Waals surface area contributed by atoms with Gasteiger partial charge in [0, 0.05) is 33.1 Å². The summed E-state index contributed by atoms with van der Waals surface area (Å²) in [6, 6.07) is 11.2. The number of hydrogen-bond donors (Lipinski definition) is 2. The fraction of sp³-hybridized carbons (Fsp3) is 0.273. The second-order valence-corrected chi connectivity index (χ2v) is 12.0. The summed E-state index contributed by atoms with van der Waals surface area (Å²) in [6.45, 7) is 6.12. The SMILES string of the molecule is COC(=O)c1ccc(OC(=O)CCNC(=O)C[C@@H]2N=C(c3ccc(Cl)cc3)c3c(sc(C)c3C)-n3c(C)nnc32)cc1C#CCN. The number of halogens is 1. The Morgan fingerprint density at radius 1 is 1.11 bits per heavy atom. The van der Waals surface area contributed by atoms with Crippen LogP contribution >= 0.6 is 22.9 Å².